The zero-order chi connectivity index (χ0) is 22.3. The minimum absolute atomic E-state index is 0.0185. The van der Waals surface area contributed by atoms with Gasteiger partial charge in [-0.15, -0.1) is 0 Å². The normalized spacial score (nSPS) is 24.7. The molecule has 2 heterocycles. The maximum absolute atomic E-state index is 6.60. The Morgan fingerprint density at radius 3 is 1.73 bits per heavy atom. The van der Waals surface area contributed by atoms with Crippen LogP contribution in [0.2, 0.25) is 0 Å². The van der Waals surface area contributed by atoms with Crippen molar-refractivity contribution in [1.29, 1.82) is 0 Å². The second-order valence-corrected chi connectivity index (χ2v) is 9.04. The molecule has 0 radical (unpaired) electrons. The Labute approximate surface area is 197 Å². The van der Waals surface area contributed by atoms with Crippen molar-refractivity contribution in [3.8, 4) is 0 Å². The first-order chi connectivity index (χ1) is 16.4. The predicted octanol–water partition coefficient (Wildman–Crippen LogP) is 5.22. The minimum atomic E-state index is -0.0185. The molecule has 0 aromatic heterocycles. The number of hydrogen-bond acceptors (Lipinski definition) is 4. The van der Waals surface area contributed by atoms with Crippen LogP contribution in [0.25, 0.3) is 0 Å². The highest BCUT2D eigenvalue weighted by molar-refractivity contribution is 5.16. The third-order valence-electron chi connectivity index (χ3n) is 6.82. The standard InChI is InChI=1S/C29H33NO3/c1-4-11-23(12-5-1)19-31-22-27-29(33-21-25-15-8-3-9-16-25)28(26-17-10-18-30(26)27)32-20-24-13-6-2-7-14-24/h1-9,11-16,26-29H,10,17-22H2/t26-,27+,28-,29+/m0/s1. The molecule has 3 aromatic rings. The van der Waals surface area contributed by atoms with E-state index >= 15 is 0 Å². The number of nitrogens with zero attached hydrogens (tertiary/aromatic N) is 1. The fourth-order valence-corrected chi connectivity index (χ4v) is 5.21. The van der Waals surface area contributed by atoms with Gasteiger partial charge in [0.15, 0.2) is 0 Å². The van der Waals surface area contributed by atoms with Crippen molar-refractivity contribution in [3.05, 3.63) is 108 Å². The van der Waals surface area contributed by atoms with Crippen LogP contribution in [-0.4, -0.2) is 42.3 Å². The van der Waals surface area contributed by atoms with E-state index in [0.29, 0.717) is 32.5 Å². The predicted molar refractivity (Wildman–Crippen MR) is 130 cm³/mol. The molecule has 172 valence electrons. The topological polar surface area (TPSA) is 30.9 Å². The van der Waals surface area contributed by atoms with Crippen molar-refractivity contribution < 1.29 is 14.2 Å². The van der Waals surface area contributed by atoms with Crippen molar-refractivity contribution in [3.63, 3.8) is 0 Å². The Balaban J connectivity index is 1.30. The summed E-state index contributed by atoms with van der Waals surface area (Å²) in [5.41, 5.74) is 3.59. The first kappa shape index (κ1) is 22.3. The summed E-state index contributed by atoms with van der Waals surface area (Å²) in [5, 5.41) is 0. The number of fused-ring (bicyclic) bond motifs is 1. The zero-order valence-corrected chi connectivity index (χ0v) is 19.1. The molecule has 0 amide bonds. The van der Waals surface area contributed by atoms with Crippen LogP contribution in [0.4, 0.5) is 0 Å². The van der Waals surface area contributed by atoms with Crippen molar-refractivity contribution >= 4 is 0 Å². The van der Waals surface area contributed by atoms with E-state index in [-0.39, 0.29) is 18.2 Å². The molecule has 4 atom stereocenters. The fourth-order valence-electron chi connectivity index (χ4n) is 5.21. The number of hydrogen-bond donors (Lipinski definition) is 0. The van der Waals surface area contributed by atoms with E-state index in [1.165, 1.54) is 23.1 Å². The lowest BCUT2D eigenvalue weighted by Gasteiger charge is -2.28. The zero-order valence-electron chi connectivity index (χ0n) is 19.1. The van der Waals surface area contributed by atoms with Crippen LogP contribution in [0, 0.1) is 0 Å². The summed E-state index contributed by atoms with van der Waals surface area (Å²) < 4.78 is 19.4. The maximum Gasteiger partial charge on any atom is 0.103 e. The lowest BCUT2D eigenvalue weighted by molar-refractivity contribution is -0.0877. The quantitative estimate of drug-likeness (QED) is 0.430. The summed E-state index contributed by atoms with van der Waals surface area (Å²) in [6, 6.07) is 31.8. The van der Waals surface area contributed by atoms with Crippen LogP contribution >= 0.6 is 0 Å². The monoisotopic (exact) mass is 443 g/mol. The van der Waals surface area contributed by atoms with E-state index in [2.05, 4.69) is 77.7 Å². The van der Waals surface area contributed by atoms with Gasteiger partial charge in [0, 0.05) is 6.04 Å². The number of ether oxygens (including phenoxy) is 3. The van der Waals surface area contributed by atoms with Gasteiger partial charge in [0.2, 0.25) is 0 Å². The average molecular weight is 444 g/mol. The van der Waals surface area contributed by atoms with E-state index < -0.39 is 0 Å². The Morgan fingerprint density at radius 2 is 1.15 bits per heavy atom. The Morgan fingerprint density at radius 1 is 0.636 bits per heavy atom. The summed E-state index contributed by atoms with van der Waals surface area (Å²) in [4.78, 5) is 2.58. The molecule has 0 spiro atoms. The van der Waals surface area contributed by atoms with Crippen LogP contribution in [0.15, 0.2) is 91.0 Å². The second kappa shape index (κ2) is 11.1. The SMILES string of the molecule is c1ccc(COC[C@@H]2[C@@H](OCc3ccccc3)[C@@H](OCc3ccccc3)[C@@H]3CCCN23)cc1. The van der Waals surface area contributed by atoms with E-state index in [0.717, 1.165) is 13.0 Å². The minimum Gasteiger partial charge on any atom is -0.375 e. The molecule has 33 heavy (non-hydrogen) atoms. The van der Waals surface area contributed by atoms with Crippen molar-refractivity contribution in [2.45, 2.75) is 57.0 Å². The molecule has 0 aliphatic carbocycles. The number of benzene rings is 3. The summed E-state index contributed by atoms with van der Waals surface area (Å²) in [7, 11) is 0. The van der Waals surface area contributed by atoms with Gasteiger partial charge in [0.1, 0.15) is 12.2 Å². The van der Waals surface area contributed by atoms with Crippen LogP contribution in [0.1, 0.15) is 29.5 Å². The third kappa shape index (κ3) is 5.53. The highest BCUT2D eigenvalue weighted by Gasteiger charge is 2.52. The first-order valence-electron chi connectivity index (χ1n) is 12.1. The molecule has 0 N–H and O–H groups in total. The molecule has 0 saturated carbocycles. The van der Waals surface area contributed by atoms with Crippen molar-refractivity contribution in [2.75, 3.05) is 13.2 Å². The molecule has 0 bridgehead atoms. The van der Waals surface area contributed by atoms with Crippen LogP contribution < -0.4 is 0 Å². The first-order valence-corrected chi connectivity index (χ1v) is 12.1. The molecule has 4 heteroatoms. The molecule has 2 fully saturated rings. The maximum atomic E-state index is 6.60. The van der Waals surface area contributed by atoms with E-state index in [1.54, 1.807) is 0 Å². The van der Waals surface area contributed by atoms with Gasteiger partial charge in [-0.1, -0.05) is 91.0 Å². The summed E-state index contributed by atoms with van der Waals surface area (Å²) in [5.74, 6) is 0. The Bertz CT molecular complexity index is 966. The lowest BCUT2D eigenvalue weighted by Crippen LogP contribution is -2.41. The van der Waals surface area contributed by atoms with Gasteiger partial charge in [-0.3, -0.25) is 4.90 Å². The Kier molecular flexibility index (Phi) is 7.49. The summed E-state index contributed by atoms with van der Waals surface area (Å²) in [6.07, 6.45) is 2.38. The smallest absolute Gasteiger partial charge is 0.103 e. The molecule has 2 saturated heterocycles. The third-order valence-corrected chi connectivity index (χ3v) is 6.82. The highest BCUT2D eigenvalue weighted by Crippen LogP contribution is 2.37. The Hall–Kier alpha value is -2.50. The highest BCUT2D eigenvalue weighted by atomic mass is 16.5. The van der Waals surface area contributed by atoms with Crippen LogP contribution in [0.3, 0.4) is 0 Å². The fraction of sp³-hybridized carbons (Fsp3) is 0.379. The van der Waals surface area contributed by atoms with Crippen molar-refractivity contribution in [1.82, 2.24) is 4.90 Å². The molecule has 3 aromatic carbocycles. The molecule has 2 aliphatic heterocycles. The van der Waals surface area contributed by atoms with Crippen LogP contribution in [-0.2, 0) is 34.0 Å². The van der Waals surface area contributed by atoms with Crippen LogP contribution in [0.5, 0.6) is 0 Å². The van der Waals surface area contributed by atoms with Gasteiger partial charge in [-0.25, -0.2) is 0 Å². The molecule has 4 nitrogen and oxygen atoms in total. The second-order valence-electron chi connectivity index (χ2n) is 9.04. The molecule has 0 unspecified atom stereocenters. The van der Waals surface area contributed by atoms with E-state index in [9.17, 15) is 0 Å². The van der Waals surface area contributed by atoms with Gasteiger partial charge in [0.25, 0.3) is 0 Å². The van der Waals surface area contributed by atoms with Gasteiger partial charge < -0.3 is 14.2 Å². The van der Waals surface area contributed by atoms with Gasteiger partial charge in [-0.2, -0.15) is 0 Å². The van der Waals surface area contributed by atoms with Gasteiger partial charge >= 0.3 is 0 Å². The van der Waals surface area contributed by atoms with Gasteiger partial charge in [-0.05, 0) is 36.1 Å². The average Bonchev–Trinajstić information content (AvgIpc) is 3.45. The summed E-state index contributed by atoms with van der Waals surface area (Å²) in [6.45, 7) is 3.55. The largest absolute Gasteiger partial charge is 0.375 e. The van der Waals surface area contributed by atoms with E-state index in [1.807, 2.05) is 18.2 Å². The molecular weight excluding hydrogens is 410 g/mol. The summed E-state index contributed by atoms with van der Waals surface area (Å²) >= 11 is 0. The molecule has 2 aliphatic rings. The van der Waals surface area contributed by atoms with Crippen molar-refractivity contribution in [2.24, 2.45) is 0 Å². The molecular formula is C29H33NO3. The van der Waals surface area contributed by atoms with Gasteiger partial charge in [0.05, 0.1) is 32.5 Å². The van der Waals surface area contributed by atoms with E-state index in [4.69, 9.17) is 14.2 Å². The molecule has 5 rings (SSSR count). The lowest BCUT2D eigenvalue weighted by atomic mass is 10.0. The number of rotatable bonds is 10.